The van der Waals surface area contributed by atoms with Crippen LogP contribution in [0.2, 0.25) is 0 Å². The van der Waals surface area contributed by atoms with E-state index >= 15 is 0 Å². The number of unbranched alkanes of at least 4 members (excludes halogenated alkanes) is 1. The summed E-state index contributed by atoms with van der Waals surface area (Å²) in [6, 6.07) is 24.7. The minimum absolute atomic E-state index is 0.105. The summed E-state index contributed by atoms with van der Waals surface area (Å²) in [5, 5.41) is 6.84. The van der Waals surface area contributed by atoms with E-state index in [1.165, 1.54) is 0 Å². The molecule has 38 heavy (non-hydrogen) atoms. The van der Waals surface area contributed by atoms with Gasteiger partial charge in [-0.05, 0) is 41.7 Å². The Hall–Kier alpha value is -2.52. The maximum absolute atomic E-state index is 13.2. The Morgan fingerprint density at radius 3 is 2.18 bits per heavy atom. The molecule has 0 fully saturated rings. The van der Waals surface area contributed by atoms with Gasteiger partial charge in [0.1, 0.15) is 0 Å². The number of hydrogen-bond acceptors (Lipinski definition) is 6. The highest BCUT2D eigenvalue weighted by Crippen LogP contribution is 2.37. The van der Waals surface area contributed by atoms with Gasteiger partial charge in [-0.3, -0.25) is 5.32 Å². The molecule has 3 aromatic rings. The zero-order chi connectivity index (χ0) is 27.2. The topological polar surface area (TPSA) is 92.3 Å². The molecular weight excluding hydrogens is 516 g/mol. The Balaban J connectivity index is 0.000000216. The molecule has 2 N–H and O–H groups in total. The Morgan fingerprint density at radius 1 is 0.816 bits per heavy atom. The SMILES string of the molecule is CCCCC1(CC)CS(=O)(=O)c2ccccc2C(c2ccccc2)N1.O=S1(=O)CCNCc2ccccc21. The summed E-state index contributed by atoms with van der Waals surface area (Å²) in [5.41, 5.74) is 2.45. The number of nitrogens with one attached hydrogen (secondary N) is 2. The molecular formula is C30H38N2O4S2. The van der Waals surface area contributed by atoms with Gasteiger partial charge in [-0.25, -0.2) is 16.8 Å². The zero-order valence-electron chi connectivity index (χ0n) is 22.2. The highest BCUT2D eigenvalue weighted by atomic mass is 32.2. The second-order valence-corrected chi connectivity index (χ2v) is 14.2. The van der Waals surface area contributed by atoms with Crippen LogP contribution in [0.4, 0.5) is 0 Å². The van der Waals surface area contributed by atoms with E-state index in [0.717, 1.165) is 42.4 Å². The normalized spacial score (nSPS) is 23.5. The minimum atomic E-state index is -3.33. The molecule has 0 aliphatic carbocycles. The predicted octanol–water partition coefficient (Wildman–Crippen LogP) is 5.06. The van der Waals surface area contributed by atoms with Gasteiger partial charge < -0.3 is 5.32 Å². The second kappa shape index (κ2) is 12.1. The van der Waals surface area contributed by atoms with Gasteiger partial charge in [0, 0.05) is 18.6 Å². The lowest BCUT2D eigenvalue weighted by atomic mass is 9.88. The van der Waals surface area contributed by atoms with E-state index in [4.69, 9.17) is 0 Å². The lowest BCUT2D eigenvalue weighted by Gasteiger charge is -2.35. The average molecular weight is 555 g/mol. The Kier molecular flexibility index (Phi) is 9.08. The fourth-order valence-corrected chi connectivity index (χ4v) is 8.92. The number of benzene rings is 3. The molecule has 0 spiro atoms. The Labute approximate surface area is 227 Å². The summed E-state index contributed by atoms with van der Waals surface area (Å²) >= 11 is 0. The molecule has 204 valence electrons. The van der Waals surface area contributed by atoms with Crippen LogP contribution in [0.25, 0.3) is 0 Å². The highest BCUT2D eigenvalue weighted by Gasteiger charge is 2.41. The quantitative estimate of drug-likeness (QED) is 0.458. The van der Waals surface area contributed by atoms with Crippen molar-refractivity contribution in [3.05, 3.63) is 95.6 Å². The summed E-state index contributed by atoms with van der Waals surface area (Å²) in [7, 11) is -6.37. The van der Waals surface area contributed by atoms with E-state index < -0.39 is 25.2 Å². The number of fused-ring (bicyclic) bond motifs is 2. The van der Waals surface area contributed by atoms with Crippen molar-refractivity contribution in [1.29, 1.82) is 0 Å². The number of hydrogen-bond donors (Lipinski definition) is 2. The van der Waals surface area contributed by atoms with Crippen molar-refractivity contribution in [2.24, 2.45) is 0 Å². The van der Waals surface area contributed by atoms with E-state index in [9.17, 15) is 16.8 Å². The molecule has 2 unspecified atom stereocenters. The van der Waals surface area contributed by atoms with Gasteiger partial charge in [0.25, 0.3) is 0 Å². The van der Waals surface area contributed by atoms with Gasteiger partial charge in [0.2, 0.25) is 0 Å². The van der Waals surface area contributed by atoms with Crippen molar-refractivity contribution in [1.82, 2.24) is 10.6 Å². The molecule has 0 bridgehead atoms. The van der Waals surface area contributed by atoms with Crippen LogP contribution in [0, 0.1) is 0 Å². The molecule has 2 aliphatic rings. The molecule has 5 rings (SSSR count). The van der Waals surface area contributed by atoms with Crippen LogP contribution in [0.1, 0.15) is 62.3 Å². The largest absolute Gasteiger partial charge is 0.312 e. The lowest BCUT2D eigenvalue weighted by molar-refractivity contribution is 0.295. The molecule has 0 amide bonds. The smallest absolute Gasteiger partial charge is 0.180 e. The maximum atomic E-state index is 13.2. The first kappa shape index (κ1) is 28.5. The van der Waals surface area contributed by atoms with Gasteiger partial charge in [0.15, 0.2) is 19.7 Å². The zero-order valence-corrected chi connectivity index (χ0v) is 23.8. The molecule has 2 aliphatic heterocycles. The lowest BCUT2D eigenvalue weighted by Crippen LogP contribution is -2.50. The molecule has 0 aromatic heterocycles. The summed E-state index contributed by atoms with van der Waals surface area (Å²) in [4.78, 5) is 0.961. The van der Waals surface area contributed by atoms with Crippen LogP contribution in [0.3, 0.4) is 0 Å². The molecule has 3 aromatic carbocycles. The first-order chi connectivity index (χ1) is 18.2. The Bertz CT molecular complexity index is 1440. The van der Waals surface area contributed by atoms with Crippen LogP contribution >= 0.6 is 0 Å². The fourth-order valence-electron chi connectivity index (χ4n) is 5.31. The molecule has 0 saturated heterocycles. The van der Waals surface area contributed by atoms with Gasteiger partial charge >= 0.3 is 0 Å². The maximum Gasteiger partial charge on any atom is 0.180 e. The fraction of sp³-hybridized carbons (Fsp3) is 0.400. The van der Waals surface area contributed by atoms with Gasteiger partial charge in [-0.1, -0.05) is 93.4 Å². The van der Waals surface area contributed by atoms with E-state index in [2.05, 4.69) is 36.6 Å². The summed E-state index contributed by atoms with van der Waals surface area (Å²) in [6.07, 6.45) is 3.75. The van der Waals surface area contributed by atoms with Gasteiger partial charge in [-0.2, -0.15) is 0 Å². The van der Waals surface area contributed by atoms with Crippen LogP contribution in [0.5, 0.6) is 0 Å². The van der Waals surface area contributed by atoms with Crippen molar-refractivity contribution in [3.63, 3.8) is 0 Å². The van der Waals surface area contributed by atoms with E-state index in [0.29, 0.717) is 22.9 Å². The van der Waals surface area contributed by atoms with E-state index in [1.807, 2.05) is 48.5 Å². The van der Waals surface area contributed by atoms with Gasteiger partial charge in [0.05, 0.1) is 27.3 Å². The van der Waals surface area contributed by atoms with E-state index in [-0.39, 0.29) is 17.5 Å². The van der Waals surface area contributed by atoms with E-state index in [1.54, 1.807) is 18.2 Å². The van der Waals surface area contributed by atoms with Gasteiger partial charge in [-0.15, -0.1) is 0 Å². The summed E-state index contributed by atoms with van der Waals surface area (Å²) in [6.45, 7) is 5.43. The number of rotatable bonds is 5. The predicted molar refractivity (Wildman–Crippen MR) is 153 cm³/mol. The van der Waals surface area contributed by atoms with Crippen molar-refractivity contribution >= 4 is 19.7 Å². The highest BCUT2D eigenvalue weighted by molar-refractivity contribution is 7.91. The third-order valence-electron chi connectivity index (χ3n) is 7.47. The van der Waals surface area contributed by atoms with Crippen LogP contribution in [0.15, 0.2) is 88.7 Å². The standard InChI is InChI=1S/C21H27NO2S.C9H11NO2S/c1-3-5-15-21(4-2)16-25(23,24)19-14-10-9-13-18(19)20(22-21)17-11-7-6-8-12-17;11-13(12)6-5-10-7-8-3-1-2-4-9(8)13/h6-14,20,22H,3-5,15-16H2,1-2H3;1-4,10H,5-7H2. The first-order valence-corrected chi connectivity index (χ1v) is 16.7. The van der Waals surface area contributed by atoms with Crippen LogP contribution < -0.4 is 10.6 Å². The molecule has 0 radical (unpaired) electrons. The molecule has 8 heteroatoms. The van der Waals surface area contributed by atoms with Crippen molar-refractivity contribution in [3.8, 4) is 0 Å². The third kappa shape index (κ3) is 6.37. The van der Waals surface area contributed by atoms with Crippen LogP contribution in [-0.2, 0) is 26.2 Å². The molecule has 2 heterocycles. The molecule has 0 saturated carbocycles. The average Bonchev–Trinajstić information content (AvgIpc) is 3.15. The minimum Gasteiger partial charge on any atom is -0.312 e. The number of sulfone groups is 2. The molecule has 2 atom stereocenters. The first-order valence-electron chi connectivity index (χ1n) is 13.4. The second-order valence-electron chi connectivity index (χ2n) is 10.1. The summed E-state index contributed by atoms with van der Waals surface area (Å²) < 4.78 is 49.6. The molecule has 6 nitrogen and oxygen atoms in total. The van der Waals surface area contributed by atoms with Crippen molar-refractivity contribution in [2.45, 2.75) is 67.4 Å². The van der Waals surface area contributed by atoms with Crippen molar-refractivity contribution in [2.75, 3.05) is 18.1 Å². The third-order valence-corrected chi connectivity index (χ3v) is 11.3. The Morgan fingerprint density at radius 2 is 1.47 bits per heavy atom. The monoisotopic (exact) mass is 554 g/mol. The summed E-state index contributed by atoms with van der Waals surface area (Å²) in [5.74, 6) is 0.362. The van der Waals surface area contributed by atoms with Crippen molar-refractivity contribution < 1.29 is 16.8 Å². The van der Waals surface area contributed by atoms with Crippen LogP contribution in [-0.4, -0.2) is 40.4 Å².